The minimum absolute atomic E-state index is 0.0521. The first kappa shape index (κ1) is 11.7. The van der Waals surface area contributed by atoms with Gasteiger partial charge in [0.05, 0.1) is 13.2 Å². The number of nitrogens with zero attached hydrogens (tertiary/aromatic N) is 1. The van der Waals surface area contributed by atoms with Crippen molar-refractivity contribution in [2.24, 2.45) is 0 Å². The van der Waals surface area contributed by atoms with Crippen LogP contribution in [0.3, 0.4) is 0 Å². The van der Waals surface area contributed by atoms with Gasteiger partial charge in [0.2, 0.25) is 0 Å². The first-order chi connectivity index (χ1) is 8.20. The second-order valence-electron chi connectivity index (χ2n) is 4.03. The molecule has 1 aliphatic rings. The molecule has 1 aromatic heterocycles. The van der Waals surface area contributed by atoms with Gasteiger partial charge < -0.3 is 14.1 Å². The van der Waals surface area contributed by atoms with Gasteiger partial charge in [0.15, 0.2) is 5.76 Å². The fourth-order valence-corrected chi connectivity index (χ4v) is 1.93. The number of ether oxygens (including phenoxy) is 1. The Morgan fingerprint density at radius 3 is 2.65 bits per heavy atom. The summed E-state index contributed by atoms with van der Waals surface area (Å²) in [5.41, 5.74) is -0.565. The highest BCUT2D eigenvalue weighted by Crippen LogP contribution is 2.15. The largest absolute Gasteiger partial charge is 0.496 e. The van der Waals surface area contributed by atoms with Crippen LogP contribution >= 0.6 is 0 Å². The summed E-state index contributed by atoms with van der Waals surface area (Å²) in [6.07, 6.45) is 3.14. The fraction of sp³-hybridized carbons (Fsp3) is 0.500. The van der Waals surface area contributed by atoms with Crippen molar-refractivity contribution in [1.29, 1.82) is 0 Å². The third-order valence-corrected chi connectivity index (χ3v) is 2.83. The molecule has 1 aliphatic heterocycles. The van der Waals surface area contributed by atoms with E-state index in [1.165, 1.54) is 19.2 Å². The molecule has 0 bridgehead atoms. The van der Waals surface area contributed by atoms with Gasteiger partial charge in [-0.3, -0.25) is 4.79 Å². The van der Waals surface area contributed by atoms with Gasteiger partial charge in [-0.1, -0.05) is 0 Å². The van der Waals surface area contributed by atoms with Crippen molar-refractivity contribution in [2.75, 3.05) is 20.2 Å². The van der Waals surface area contributed by atoms with Crippen LogP contribution in [0.1, 0.15) is 29.8 Å². The molecule has 2 rings (SSSR count). The smallest absolute Gasteiger partial charge is 0.340 e. The zero-order valence-electron chi connectivity index (χ0n) is 9.77. The van der Waals surface area contributed by atoms with E-state index < -0.39 is 5.63 Å². The third kappa shape index (κ3) is 2.67. The van der Waals surface area contributed by atoms with E-state index in [2.05, 4.69) is 0 Å². The maximum Gasteiger partial charge on any atom is 0.340 e. The molecule has 1 saturated heterocycles. The van der Waals surface area contributed by atoms with Gasteiger partial charge in [0.1, 0.15) is 5.75 Å². The lowest BCUT2D eigenvalue weighted by molar-refractivity contribution is 0.0686. The maximum atomic E-state index is 12.1. The van der Waals surface area contributed by atoms with Gasteiger partial charge in [-0.25, -0.2) is 4.79 Å². The second-order valence-corrected chi connectivity index (χ2v) is 4.03. The highest BCUT2D eigenvalue weighted by Gasteiger charge is 2.21. The van der Waals surface area contributed by atoms with E-state index in [0.29, 0.717) is 5.75 Å². The average molecular weight is 237 g/mol. The molecular formula is C12H15NO4. The van der Waals surface area contributed by atoms with Crippen molar-refractivity contribution in [3.05, 3.63) is 28.3 Å². The molecule has 5 heteroatoms. The van der Waals surface area contributed by atoms with Crippen molar-refractivity contribution in [2.45, 2.75) is 19.3 Å². The van der Waals surface area contributed by atoms with Crippen LogP contribution in [0.15, 0.2) is 21.3 Å². The fourth-order valence-electron chi connectivity index (χ4n) is 1.93. The Hall–Kier alpha value is -1.78. The van der Waals surface area contributed by atoms with Crippen molar-refractivity contribution < 1.29 is 13.9 Å². The molecule has 2 heterocycles. The molecule has 1 aromatic rings. The van der Waals surface area contributed by atoms with E-state index in [-0.39, 0.29) is 11.7 Å². The van der Waals surface area contributed by atoms with Crippen molar-refractivity contribution in [3.63, 3.8) is 0 Å². The van der Waals surface area contributed by atoms with Crippen LogP contribution in [0.4, 0.5) is 0 Å². The molecule has 1 fully saturated rings. The monoisotopic (exact) mass is 237 g/mol. The van der Waals surface area contributed by atoms with E-state index in [1.807, 2.05) is 0 Å². The highest BCUT2D eigenvalue weighted by atomic mass is 16.5. The van der Waals surface area contributed by atoms with Crippen molar-refractivity contribution in [3.8, 4) is 5.75 Å². The molecule has 1 amide bonds. The van der Waals surface area contributed by atoms with Gasteiger partial charge in [0, 0.05) is 19.2 Å². The lowest BCUT2D eigenvalue weighted by Gasteiger charge is -2.25. The van der Waals surface area contributed by atoms with Crippen LogP contribution < -0.4 is 10.4 Å². The first-order valence-electron chi connectivity index (χ1n) is 5.69. The summed E-state index contributed by atoms with van der Waals surface area (Å²) in [5, 5.41) is 0. The molecule has 92 valence electrons. The number of piperidine rings is 1. The van der Waals surface area contributed by atoms with Crippen LogP contribution in [0.2, 0.25) is 0 Å². The summed E-state index contributed by atoms with van der Waals surface area (Å²) in [4.78, 5) is 25.0. The number of amides is 1. The molecule has 0 aromatic carbocycles. The van der Waals surface area contributed by atoms with Crippen LogP contribution in [-0.4, -0.2) is 31.0 Å². The standard InChI is InChI=1S/C12H15NO4/c1-16-9-7-10(17-11(14)8-9)12(15)13-5-3-2-4-6-13/h7-8H,2-6H2,1H3. The van der Waals surface area contributed by atoms with Gasteiger partial charge in [-0.15, -0.1) is 0 Å². The Kier molecular flexibility index (Phi) is 3.46. The Morgan fingerprint density at radius 1 is 1.29 bits per heavy atom. The summed E-state index contributed by atoms with van der Waals surface area (Å²) in [5.74, 6) is 0.165. The van der Waals surface area contributed by atoms with Gasteiger partial charge in [-0.05, 0) is 19.3 Å². The lowest BCUT2D eigenvalue weighted by atomic mass is 10.1. The maximum absolute atomic E-state index is 12.1. The number of likely N-dealkylation sites (tertiary alicyclic amines) is 1. The summed E-state index contributed by atoms with van der Waals surface area (Å²) in [7, 11) is 1.45. The van der Waals surface area contributed by atoms with Gasteiger partial charge in [-0.2, -0.15) is 0 Å². The number of hydrogen-bond acceptors (Lipinski definition) is 4. The minimum atomic E-state index is -0.565. The second kappa shape index (κ2) is 5.03. The normalized spacial score (nSPS) is 15.7. The highest BCUT2D eigenvalue weighted by molar-refractivity contribution is 5.91. The molecular weight excluding hydrogens is 222 g/mol. The number of carbonyl (C=O) groups excluding carboxylic acids is 1. The van der Waals surface area contributed by atoms with Gasteiger partial charge >= 0.3 is 5.63 Å². The van der Waals surface area contributed by atoms with Crippen LogP contribution in [0.5, 0.6) is 5.75 Å². The van der Waals surface area contributed by atoms with Crippen molar-refractivity contribution in [1.82, 2.24) is 4.90 Å². The predicted octanol–water partition coefficient (Wildman–Crippen LogP) is 1.27. The Morgan fingerprint density at radius 2 is 2.00 bits per heavy atom. The molecule has 0 atom stereocenters. The number of carbonyl (C=O) groups is 1. The zero-order valence-corrected chi connectivity index (χ0v) is 9.77. The quantitative estimate of drug-likeness (QED) is 0.777. The summed E-state index contributed by atoms with van der Waals surface area (Å²) in [6, 6.07) is 2.67. The van der Waals surface area contributed by atoms with E-state index in [0.717, 1.165) is 32.4 Å². The topological polar surface area (TPSA) is 59.8 Å². The molecule has 0 aliphatic carbocycles. The number of methoxy groups -OCH3 is 1. The van der Waals surface area contributed by atoms with Crippen LogP contribution in [-0.2, 0) is 0 Å². The van der Waals surface area contributed by atoms with E-state index >= 15 is 0 Å². The van der Waals surface area contributed by atoms with Crippen LogP contribution in [0, 0.1) is 0 Å². The molecule has 0 unspecified atom stereocenters. The summed E-state index contributed by atoms with van der Waals surface area (Å²) in [6.45, 7) is 1.44. The molecule has 0 spiro atoms. The number of hydrogen-bond donors (Lipinski definition) is 0. The summed E-state index contributed by atoms with van der Waals surface area (Å²) < 4.78 is 9.85. The first-order valence-corrected chi connectivity index (χ1v) is 5.69. The van der Waals surface area contributed by atoms with Crippen molar-refractivity contribution >= 4 is 5.91 Å². The number of rotatable bonds is 2. The van der Waals surface area contributed by atoms with E-state index in [4.69, 9.17) is 9.15 Å². The molecule has 5 nitrogen and oxygen atoms in total. The van der Waals surface area contributed by atoms with Gasteiger partial charge in [0.25, 0.3) is 5.91 Å². The predicted molar refractivity (Wildman–Crippen MR) is 61.3 cm³/mol. The Balaban J connectivity index is 2.23. The Bertz CT molecular complexity index is 460. The molecule has 0 saturated carbocycles. The average Bonchev–Trinajstić information content (AvgIpc) is 2.38. The SMILES string of the molecule is COc1cc(C(=O)N2CCCCC2)oc(=O)c1. The molecule has 17 heavy (non-hydrogen) atoms. The molecule has 0 N–H and O–H groups in total. The van der Waals surface area contributed by atoms with E-state index in [9.17, 15) is 9.59 Å². The molecule has 0 radical (unpaired) electrons. The van der Waals surface area contributed by atoms with Crippen LogP contribution in [0.25, 0.3) is 0 Å². The lowest BCUT2D eigenvalue weighted by Crippen LogP contribution is -2.35. The minimum Gasteiger partial charge on any atom is -0.496 e. The zero-order chi connectivity index (χ0) is 12.3. The summed E-state index contributed by atoms with van der Waals surface area (Å²) >= 11 is 0. The van der Waals surface area contributed by atoms with E-state index in [1.54, 1.807) is 4.90 Å². The Labute approximate surface area is 99.0 Å². The third-order valence-electron chi connectivity index (χ3n) is 2.83.